The third-order valence-corrected chi connectivity index (χ3v) is 2.12. The van der Waals surface area contributed by atoms with Gasteiger partial charge >= 0.3 is 0 Å². The third kappa shape index (κ3) is 3.42. The lowest BCUT2D eigenvalue weighted by Gasteiger charge is -2.08. The van der Waals surface area contributed by atoms with Crippen molar-refractivity contribution < 1.29 is 9.90 Å². The van der Waals surface area contributed by atoms with Gasteiger partial charge in [0.25, 0.3) is 5.91 Å². The first kappa shape index (κ1) is 11.8. The minimum absolute atomic E-state index is 0.184. The molecule has 0 radical (unpaired) electrons. The second-order valence-electron chi connectivity index (χ2n) is 3.30. The number of carbonyl (C=O) groups is 1. The SMILES string of the molecule is CC(O)CNC(=O)c1cc(N)ccc1Cl. The van der Waals surface area contributed by atoms with E-state index >= 15 is 0 Å². The topological polar surface area (TPSA) is 75.3 Å². The second-order valence-corrected chi connectivity index (χ2v) is 3.71. The fraction of sp³-hybridized carbons (Fsp3) is 0.300. The number of carbonyl (C=O) groups excluding carboxylic acids is 1. The summed E-state index contributed by atoms with van der Waals surface area (Å²) in [5.74, 6) is -0.340. The van der Waals surface area contributed by atoms with E-state index in [-0.39, 0.29) is 12.5 Å². The Labute approximate surface area is 93.0 Å². The van der Waals surface area contributed by atoms with Crippen molar-refractivity contribution in [1.29, 1.82) is 0 Å². The highest BCUT2D eigenvalue weighted by Crippen LogP contribution is 2.18. The fourth-order valence-electron chi connectivity index (χ4n) is 1.05. The smallest absolute Gasteiger partial charge is 0.252 e. The van der Waals surface area contributed by atoms with E-state index < -0.39 is 6.10 Å². The van der Waals surface area contributed by atoms with E-state index in [9.17, 15) is 4.79 Å². The maximum Gasteiger partial charge on any atom is 0.252 e. The van der Waals surface area contributed by atoms with Crippen molar-refractivity contribution in [2.24, 2.45) is 0 Å². The van der Waals surface area contributed by atoms with Crippen LogP contribution in [0.25, 0.3) is 0 Å². The molecule has 1 aromatic carbocycles. The highest BCUT2D eigenvalue weighted by molar-refractivity contribution is 6.34. The van der Waals surface area contributed by atoms with Crippen LogP contribution in [-0.2, 0) is 0 Å². The van der Waals surface area contributed by atoms with Crippen LogP contribution in [0.5, 0.6) is 0 Å². The molecule has 0 aliphatic carbocycles. The maximum atomic E-state index is 11.6. The number of anilines is 1. The van der Waals surface area contributed by atoms with Gasteiger partial charge < -0.3 is 16.2 Å². The largest absolute Gasteiger partial charge is 0.399 e. The van der Waals surface area contributed by atoms with Crippen molar-refractivity contribution in [2.45, 2.75) is 13.0 Å². The van der Waals surface area contributed by atoms with Gasteiger partial charge in [-0.2, -0.15) is 0 Å². The van der Waals surface area contributed by atoms with E-state index in [4.69, 9.17) is 22.4 Å². The number of aliphatic hydroxyl groups is 1. The van der Waals surface area contributed by atoms with E-state index in [1.807, 2.05) is 0 Å². The quantitative estimate of drug-likeness (QED) is 0.677. The Hall–Kier alpha value is -1.26. The van der Waals surface area contributed by atoms with Gasteiger partial charge in [-0.3, -0.25) is 4.79 Å². The minimum atomic E-state index is -0.589. The molecule has 4 N–H and O–H groups in total. The summed E-state index contributed by atoms with van der Waals surface area (Å²) in [6, 6.07) is 4.68. The van der Waals surface area contributed by atoms with Crippen LogP contribution >= 0.6 is 11.6 Å². The molecule has 4 nitrogen and oxygen atoms in total. The summed E-state index contributed by atoms with van der Waals surface area (Å²) in [5, 5.41) is 11.9. The highest BCUT2D eigenvalue weighted by atomic mass is 35.5. The molecular weight excluding hydrogens is 216 g/mol. The molecular formula is C10H13ClN2O2. The van der Waals surface area contributed by atoms with Gasteiger partial charge in [0.2, 0.25) is 0 Å². The van der Waals surface area contributed by atoms with Gasteiger partial charge in [0.1, 0.15) is 0 Å². The molecule has 0 bridgehead atoms. The van der Waals surface area contributed by atoms with Crippen LogP contribution in [0.2, 0.25) is 5.02 Å². The first-order chi connectivity index (χ1) is 7.00. The molecule has 0 spiro atoms. The van der Waals surface area contributed by atoms with Crippen LogP contribution in [-0.4, -0.2) is 23.7 Å². The highest BCUT2D eigenvalue weighted by Gasteiger charge is 2.10. The monoisotopic (exact) mass is 228 g/mol. The molecule has 0 saturated carbocycles. The van der Waals surface area contributed by atoms with Gasteiger partial charge in [-0.1, -0.05) is 11.6 Å². The molecule has 0 aliphatic rings. The van der Waals surface area contributed by atoms with Gasteiger partial charge in [-0.25, -0.2) is 0 Å². The number of nitrogen functional groups attached to an aromatic ring is 1. The van der Waals surface area contributed by atoms with Crippen LogP contribution in [0.1, 0.15) is 17.3 Å². The molecule has 1 amide bonds. The van der Waals surface area contributed by atoms with Crippen LogP contribution in [0, 0.1) is 0 Å². The van der Waals surface area contributed by atoms with Crippen molar-refractivity contribution in [3.05, 3.63) is 28.8 Å². The fourth-order valence-corrected chi connectivity index (χ4v) is 1.26. The van der Waals surface area contributed by atoms with Crippen molar-refractivity contribution in [3.63, 3.8) is 0 Å². The Morgan fingerprint density at radius 3 is 2.93 bits per heavy atom. The van der Waals surface area contributed by atoms with Crippen LogP contribution < -0.4 is 11.1 Å². The third-order valence-electron chi connectivity index (χ3n) is 1.79. The lowest BCUT2D eigenvalue weighted by atomic mass is 10.2. The van der Waals surface area contributed by atoms with Gasteiger partial charge in [-0.05, 0) is 25.1 Å². The molecule has 0 fully saturated rings. The minimum Gasteiger partial charge on any atom is -0.399 e. The summed E-state index contributed by atoms with van der Waals surface area (Å²) in [5.41, 5.74) is 6.32. The van der Waals surface area contributed by atoms with Gasteiger partial charge in [-0.15, -0.1) is 0 Å². The predicted octanol–water partition coefficient (Wildman–Crippen LogP) is 1.03. The number of hydrogen-bond donors (Lipinski definition) is 3. The average molecular weight is 229 g/mol. The summed E-state index contributed by atoms with van der Waals surface area (Å²) < 4.78 is 0. The Kier molecular flexibility index (Phi) is 3.94. The van der Waals surface area contributed by atoms with E-state index in [0.29, 0.717) is 16.3 Å². The van der Waals surface area contributed by atoms with E-state index in [0.717, 1.165) is 0 Å². The zero-order valence-electron chi connectivity index (χ0n) is 8.33. The normalized spacial score (nSPS) is 12.2. The molecule has 5 heteroatoms. The van der Waals surface area contributed by atoms with Crippen LogP contribution in [0.3, 0.4) is 0 Å². The summed E-state index contributed by atoms with van der Waals surface area (Å²) in [4.78, 5) is 11.6. The van der Waals surface area contributed by atoms with Gasteiger partial charge in [0.15, 0.2) is 0 Å². The molecule has 1 unspecified atom stereocenters. The number of hydrogen-bond acceptors (Lipinski definition) is 3. The first-order valence-electron chi connectivity index (χ1n) is 4.52. The lowest BCUT2D eigenvalue weighted by Crippen LogP contribution is -2.30. The summed E-state index contributed by atoms with van der Waals surface area (Å²) in [6.07, 6.45) is -0.589. The van der Waals surface area contributed by atoms with E-state index in [2.05, 4.69) is 5.32 Å². The molecule has 0 aromatic heterocycles. The first-order valence-corrected chi connectivity index (χ1v) is 4.90. The Balaban J connectivity index is 2.77. The summed E-state index contributed by atoms with van der Waals surface area (Å²) in [6.45, 7) is 1.77. The standard InChI is InChI=1S/C10H13ClN2O2/c1-6(14)5-13-10(15)8-4-7(12)2-3-9(8)11/h2-4,6,14H,5,12H2,1H3,(H,13,15). The molecule has 1 aromatic rings. The number of amides is 1. The lowest BCUT2D eigenvalue weighted by molar-refractivity contribution is 0.0924. The predicted molar refractivity (Wildman–Crippen MR) is 59.9 cm³/mol. The van der Waals surface area contributed by atoms with Crippen molar-refractivity contribution in [1.82, 2.24) is 5.32 Å². The summed E-state index contributed by atoms with van der Waals surface area (Å²) >= 11 is 5.83. The van der Waals surface area contributed by atoms with E-state index in [1.165, 1.54) is 6.07 Å². The molecule has 0 heterocycles. The van der Waals surface area contributed by atoms with E-state index in [1.54, 1.807) is 19.1 Å². The molecule has 1 rings (SSSR count). The molecule has 82 valence electrons. The average Bonchev–Trinajstić information content (AvgIpc) is 2.18. The number of benzene rings is 1. The molecule has 0 saturated heterocycles. The number of nitrogens with two attached hydrogens (primary N) is 1. The number of aliphatic hydroxyl groups excluding tert-OH is 1. The number of nitrogens with one attached hydrogen (secondary N) is 1. The number of halogens is 1. The van der Waals surface area contributed by atoms with Crippen LogP contribution in [0.4, 0.5) is 5.69 Å². The molecule has 15 heavy (non-hydrogen) atoms. The number of rotatable bonds is 3. The van der Waals surface area contributed by atoms with Crippen molar-refractivity contribution >= 4 is 23.2 Å². The Morgan fingerprint density at radius 2 is 2.33 bits per heavy atom. The Bertz CT molecular complexity index is 366. The van der Waals surface area contributed by atoms with Crippen LogP contribution in [0.15, 0.2) is 18.2 Å². The van der Waals surface area contributed by atoms with Crippen molar-refractivity contribution in [3.8, 4) is 0 Å². The second kappa shape index (κ2) is 5.00. The zero-order valence-corrected chi connectivity index (χ0v) is 9.08. The zero-order chi connectivity index (χ0) is 11.4. The Morgan fingerprint density at radius 1 is 1.67 bits per heavy atom. The van der Waals surface area contributed by atoms with Gasteiger partial charge in [0, 0.05) is 12.2 Å². The maximum absolute atomic E-state index is 11.6. The molecule has 0 aliphatic heterocycles. The van der Waals surface area contributed by atoms with Crippen molar-refractivity contribution in [2.75, 3.05) is 12.3 Å². The summed E-state index contributed by atoms with van der Waals surface area (Å²) in [7, 11) is 0. The van der Waals surface area contributed by atoms with Gasteiger partial charge in [0.05, 0.1) is 16.7 Å². The molecule has 1 atom stereocenters.